The Hall–Kier alpha value is -2.98. The molecule has 0 saturated heterocycles. The lowest BCUT2D eigenvalue weighted by atomic mass is 10.1. The fourth-order valence-electron chi connectivity index (χ4n) is 3.37. The molecule has 0 bridgehead atoms. The molecule has 156 valence electrons. The Morgan fingerprint density at radius 2 is 1.97 bits per heavy atom. The predicted octanol–water partition coefficient (Wildman–Crippen LogP) is 2.07. The van der Waals surface area contributed by atoms with E-state index in [0.717, 1.165) is 24.0 Å². The first kappa shape index (κ1) is 20.3. The summed E-state index contributed by atoms with van der Waals surface area (Å²) in [6.07, 6.45) is 3.12. The molecule has 0 aliphatic carbocycles. The Morgan fingerprint density at radius 1 is 1.17 bits per heavy atom. The number of rotatable bonds is 4. The molecular formula is C20H18F2N4O3S. The molecule has 0 amide bonds. The lowest BCUT2D eigenvalue weighted by Crippen LogP contribution is -2.36. The van der Waals surface area contributed by atoms with Gasteiger partial charge in [-0.25, -0.2) is 22.2 Å². The van der Waals surface area contributed by atoms with Gasteiger partial charge in [0.2, 0.25) is 15.0 Å². The Morgan fingerprint density at radius 3 is 2.63 bits per heavy atom. The number of hydrogen-bond donors (Lipinski definition) is 1. The van der Waals surface area contributed by atoms with Crippen molar-refractivity contribution in [1.29, 1.82) is 0 Å². The molecule has 7 nitrogen and oxygen atoms in total. The summed E-state index contributed by atoms with van der Waals surface area (Å²) in [4.78, 5) is 25.1. The van der Waals surface area contributed by atoms with E-state index in [9.17, 15) is 22.0 Å². The number of halogens is 2. The summed E-state index contributed by atoms with van der Waals surface area (Å²) in [5.41, 5.74) is 2.41. The highest BCUT2D eigenvalue weighted by atomic mass is 32.2. The number of nitrogens with zero attached hydrogens (tertiary/aromatic N) is 3. The average molecular weight is 432 g/mol. The Bertz CT molecular complexity index is 1270. The highest BCUT2D eigenvalue weighted by molar-refractivity contribution is 7.90. The van der Waals surface area contributed by atoms with Gasteiger partial charge in [-0.15, -0.1) is 0 Å². The second kappa shape index (κ2) is 7.69. The van der Waals surface area contributed by atoms with Crippen LogP contribution in [0.15, 0.2) is 46.5 Å². The van der Waals surface area contributed by atoms with E-state index in [1.807, 2.05) is 11.0 Å². The predicted molar refractivity (Wildman–Crippen MR) is 105 cm³/mol. The molecule has 0 spiro atoms. The summed E-state index contributed by atoms with van der Waals surface area (Å²) in [5, 5.41) is -0.309. The summed E-state index contributed by atoms with van der Waals surface area (Å²) >= 11 is 0. The monoisotopic (exact) mass is 432 g/mol. The Labute approximate surface area is 171 Å². The van der Waals surface area contributed by atoms with Gasteiger partial charge in [0.15, 0.2) is 11.6 Å². The van der Waals surface area contributed by atoms with Crippen molar-refractivity contribution in [3.05, 3.63) is 75.3 Å². The normalized spacial score (nSPS) is 14.5. The average Bonchev–Trinajstić information content (AvgIpc) is 2.70. The van der Waals surface area contributed by atoms with E-state index in [1.165, 1.54) is 6.07 Å². The first-order valence-corrected chi connectivity index (χ1v) is 11.0. The SMILES string of the molecule is CS(=O)(=O)c1nc2c(c(=O)[nH]1)CN(Cc1ccc(-c3ccc(F)c(F)c3)nc1)CC2. The number of sulfone groups is 1. The summed E-state index contributed by atoms with van der Waals surface area (Å²) in [6, 6.07) is 7.20. The van der Waals surface area contributed by atoms with Crippen LogP contribution in [0.1, 0.15) is 16.8 Å². The maximum Gasteiger partial charge on any atom is 0.256 e. The first-order valence-electron chi connectivity index (χ1n) is 9.15. The van der Waals surface area contributed by atoms with Crippen LogP contribution in [0.25, 0.3) is 11.3 Å². The third kappa shape index (κ3) is 4.14. The second-order valence-corrected chi connectivity index (χ2v) is 9.14. The molecule has 1 aromatic carbocycles. The van der Waals surface area contributed by atoms with Crippen LogP contribution in [0.5, 0.6) is 0 Å². The number of aromatic nitrogens is 3. The van der Waals surface area contributed by atoms with Crippen molar-refractivity contribution >= 4 is 9.84 Å². The van der Waals surface area contributed by atoms with Gasteiger partial charge in [-0.05, 0) is 29.8 Å². The zero-order chi connectivity index (χ0) is 21.5. The molecule has 3 aromatic rings. The molecule has 1 aliphatic heterocycles. The zero-order valence-corrected chi connectivity index (χ0v) is 16.8. The largest absolute Gasteiger partial charge is 0.297 e. The third-order valence-corrected chi connectivity index (χ3v) is 5.82. The van der Waals surface area contributed by atoms with Gasteiger partial charge in [0.05, 0.1) is 17.0 Å². The van der Waals surface area contributed by atoms with Crippen molar-refractivity contribution in [2.75, 3.05) is 12.8 Å². The fraction of sp³-hybridized carbons (Fsp3) is 0.250. The number of fused-ring (bicyclic) bond motifs is 1. The molecule has 1 N–H and O–H groups in total. The first-order chi connectivity index (χ1) is 14.2. The minimum absolute atomic E-state index is 0.309. The lowest BCUT2D eigenvalue weighted by Gasteiger charge is -2.27. The van der Waals surface area contributed by atoms with Crippen LogP contribution in [0.2, 0.25) is 0 Å². The van der Waals surface area contributed by atoms with Crippen LogP contribution in [0.4, 0.5) is 8.78 Å². The van der Waals surface area contributed by atoms with Crippen molar-refractivity contribution in [2.24, 2.45) is 0 Å². The van der Waals surface area contributed by atoms with Gasteiger partial charge in [0, 0.05) is 44.1 Å². The maximum atomic E-state index is 13.4. The van der Waals surface area contributed by atoms with E-state index >= 15 is 0 Å². The molecule has 0 saturated carbocycles. The molecule has 0 atom stereocenters. The van der Waals surface area contributed by atoms with Crippen molar-refractivity contribution < 1.29 is 17.2 Å². The molecule has 30 heavy (non-hydrogen) atoms. The smallest absolute Gasteiger partial charge is 0.256 e. The fourth-order valence-corrected chi connectivity index (χ4v) is 3.93. The van der Waals surface area contributed by atoms with Crippen molar-refractivity contribution in [1.82, 2.24) is 19.9 Å². The number of aromatic amines is 1. The standard InChI is InChI=1S/C20H18F2N4O3S/c1-30(28,29)20-24-18-6-7-26(11-14(18)19(27)25-20)10-12-2-5-17(23-9-12)13-3-4-15(21)16(22)8-13/h2-5,8-9H,6-7,10-11H2,1H3,(H,24,25,27). The summed E-state index contributed by atoms with van der Waals surface area (Å²) in [7, 11) is -3.59. The molecule has 1 aliphatic rings. The van der Waals surface area contributed by atoms with Crippen molar-refractivity contribution in [3.8, 4) is 11.3 Å². The summed E-state index contributed by atoms with van der Waals surface area (Å²) in [6.45, 7) is 1.47. The molecule has 4 rings (SSSR count). The highest BCUT2D eigenvalue weighted by Gasteiger charge is 2.23. The number of pyridine rings is 1. The number of benzene rings is 1. The molecule has 2 aromatic heterocycles. The highest BCUT2D eigenvalue weighted by Crippen LogP contribution is 2.21. The molecule has 0 fully saturated rings. The minimum atomic E-state index is -3.59. The van der Waals surface area contributed by atoms with E-state index in [2.05, 4.69) is 15.0 Å². The van der Waals surface area contributed by atoms with Crippen molar-refractivity contribution in [2.45, 2.75) is 24.7 Å². The van der Waals surface area contributed by atoms with Crippen LogP contribution in [-0.2, 0) is 29.3 Å². The van der Waals surface area contributed by atoms with E-state index in [4.69, 9.17) is 0 Å². The van der Waals surface area contributed by atoms with Gasteiger partial charge in [0.25, 0.3) is 5.56 Å². The van der Waals surface area contributed by atoms with Gasteiger partial charge >= 0.3 is 0 Å². The van der Waals surface area contributed by atoms with Crippen LogP contribution in [0, 0.1) is 11.6 Å². The van der Waals surface area contributed by atoms with Crippen LogP contribution >= 0.6 is 0 Å². The third-order valence-electron chi connectivity index (χ3n) is 4.92. The summed E-state index contributed by atoms with van der Waals surface area (Å²) < 4.78 is 49.8. The van der Waals surface area contributed by atoms with Gasteiger partial charge in [-0.2, -0.15) is 0 Å². The molecule has 0 radical (unpaired) electrons. The lowest BCUT2D eigenvalue weighted by molar-refractivity contribution is 0.240. The molecule has 3 heterocycles. The Kier molecular flexibility index (Phi) is 5.20. The van der Waals surface area contributed by atoms with Crippen molar-refractivity contribution in [3.63, 3.8) is 0 Å². The van der Waals surface area contributed by atoms with E-state index in [-0.39, 0.29) is 5.16 Å². The summed E-state index contributed by atoms with van der Waals surface area (Å²) in [5.74, 6) is -1.84. The van der Waals surface area contributed by atoms with Gasteiger partial charge in [-0.3, -0.25) is 19.7 Å². The van der Waals surface area contributed by atoms with E-state index in [1.54, 1.807) is 12.3 Å². The topological polar surface area (TPSA) is 96.0 Å². The molecule has 0 unspecified atom stereocenters. The Balaban J connectivity index is 1.50. The van der Waals surface area contributed by atoms with E-state index < -0.39 is 27.0 Å². The van der Waals surface area contributed by atoms with Gasteiger partial charge in [-0.1, -0.05) is 6.07 Å². The van der Waals surface area contributed by atoms with Crippen LogP contribution in [0.3, 0.4) is 0 Å². The van der Waals surface area contributed by atoms with E-state index in [0.29, 0.717) is 48.6 Å². The van der Waals surface area contributed by atoms with Crippen LogP contribution in [-0.4, -0.2) is 41.1 Å². The molecular weight excluding hydrogens is 414 g/mol. The number of hydrogen-bond acceptors (Lipinski definition) is 6. The quantitative estimate of drug-likeness (QED) is 0.634. The zero-order valence-electron chi connectivity index (χ0n) is 16.0. The number of H-pyrrole nitrogens is 1. The van der Waals surface area contributed by atoms with Gasteiger partial charge < -0.3 is 0 Å². The molecule has 10 heteroatoms. The maximum absolute atomic E-state index is 13.4. The number of nitrogens with one attached hydrogen (secondary N) is 1. The second-order valence-electron chi connectivity index (χ2n) is 7.21. The minimum Gasteiger partial charge on any atom is -0.297 e. The van der Waals surface area contributed by atoms with Gasteiger partial charge in [0.1, 0.15) is 0 Å². The van der Waals surface area contributed by atoms with Crippen LogP contribution < -0.4 is 5.56 Å².